The van der Waals surface area contributed by atoms with Gasteiger partial charge >= 0.3 is 6.03 Å². The van der Waals surface area contributed by atoms with Crippen molar-refractivity contribution in [2.75, 3.05) is 26.8 Å². The van der Waals surface area contributed by atoms with E-state index in [-0.39, 0.29) is 49.1 Å². The van der Waals surface area contributed by atoms with Gasteiger partial charge in [0.25, 0.3) is 0 Å². The average molecular weight is 448 g/mol. The minimum Gasteiger partial charge on any atom is -0.497 e. The molecule has 0 bridgehead atoms. The molecule has 2 aliphatic heterocycles. The molecule has 3 amide bonds. The molecule has 172 valence electrons. The largest absolute Gasteiger partial charge is 0.497 e. The lowest BCUT2D eigenvalue weighted by Crippen LogP contribution is -2.74. The Bertz CT molecular complexity index is 1070. The first-order chi connectivity index (χ1) is 15.9. The molecule has 33 heavy (non-hydrogen) atoms. The van der Waals surface area contributed by atoms with E-state index in [1.54, 1.807) is 16.9 Å². The maximum atomic E-state index is 12.7. The summed E-state index contributed by atoms with van der Waals surface area (Å²) in [5.41, 5.74) is 2.81. The first kappa shape index (κ1) is 22.7. The Hall–Kier alpha value is -3.50. The van der Waals surface area contributed by atoms with Gasteiger partial charge in [0, 0.05) is 29.6 Å². The second kappa shape index (κ2) is 9.55. The van der Waals surface area contributed by atoms with Crippen molar-refractivity contribution >= 4 is 11.9 Å². The second-order valence-electron chi connectivity index (χ2n) is 8.73. The highest BCUT2D eigenvalue weighted by molar-refractivity contribution is 5.87. The SMILES string of the molecule is COc1ccc(C#Cc2ccc([C@H]3[C@H](CO)N4C(=O)CN(C(=O)NC(C)C)C[C@@H]34)cc2)cc1. The molecule has 3 atom stereocenters. The molecule has 2 aromatic carbocycles. The maximum absolute atomic E-state index is 12.7. The fraction of sp³-hybridized carbons (Fsp3) is 0.385. The Labute approximate surface area is 194 Å². The van der Waals surface area contributed by atoms with Crippen LogP contribution in [0.15, 0.2) is 48.5 Å². The number of fused-ring (bicyclic) bond motifs is 1. The standard InChI is InChI=1S/C26H29N3O4/c1-17(2)27-26(32)28-14-22-25(23(16-30)29(22)24(31)15-28)20-10-6-18(7-11-20)4-5-19-8-12-21(33-3)13-9-19/h6-13,17,22-23,25,30H,14-16H2,1-3H3,(H,27,32)/t22-,23-,25+/m0/s1. The molecule has 2 heterocycles. The van der Waals surface area contributed by atoms with Gasteiger partial charge < -0.3 is 25.0 Å². The van der Waals surface area contributed by atoms with E-state index in [0.29, 0.717) is 6.54 Å². The number of urea groups is 1. The first-order valence-electron chi connectivity index (χ1n) is 11.1. The van der Waals surface area contributed by atoms with Crippen LogP contribution in [-0.2, 0) is 4.79 Å². The molecule has 2 aliphatic rings. The van der Waals surface area contributed by atoms with Crippen LogP contribution >= 0.6 is 0 Å². The van der Waals surface area contributed by atoms with Crippen molar-refractivity contribution in [3.63, 3.8) is 0 Å². The number of rotatable bonds is 4. The predicted octanol–water partition coefficient (Wildman–Crippen LogP) is 2.18. The highest BCUT2D eigenvalue weighted by Crippen LogP contribution is 2.42. The zero-order chi connectivity index (χ0) is 23.5. The zero-order valence-corrected chi connectivity index (χ0v) is 19.1. The number of hydrogen-bond donors (Lipinski definition) is 2. The normalized spacial score (nSPS) is 21.6. The lowest BCUT2D eigenvalue weighted by molar-refractivity contribution is -0.159. The van der Waals surface area contributed by atoms with Gasteiger partial charge in [-0.3, -0.25) is 4.79 Å². The molecule has 2 aromatic rings. The van der Waals surface area contributed by atoms with Crippen molar-refractivity contribution in [2.45, 2.75) is 37.9 Å². The first-order valence-corrected chi connectivity index (χ1v) is 11.1. The van der Waals surface area contributed by atoms with Crippen LogP contribution in [0.2, 0.25) is 0 Å². The molecule has 7 nitrogen and oxygen atoms in total. The van der Waals surface area contributed by atoms with Crippen LogP contribution in [0.25, 0.3) is 0 Å². The number of carbonyl (C=O) groups excluding carboxylic acids is 2. The Morgan fingerprint density at radius 3 is 2.27 bits per heavy atom. The third-order valence-electron chi connectivity index (χ3n) is 6.19. The number of aliphatic hydroxyl groups excluding tert-OH is 1. The number of piperazine rings is 1. The van der Waals surface area contributed by atoms with Gasteiger partial charge in [0.05, 0.1) is 25.8 Å². The monoisotopic (exact) mass is 447 g/mol. The molecule has 0 aliphatic carbocycles. The van der Waals surface area contributed by atoms with E-state index in [0.717, 1.165) is 22.4 Å². The van der Waals surface area contributed by atoms with Gasteiger partial charge in [0.1, 0.15) is 12.3 Å². The van der Waals surface area contributed by atoms with E-state index in [2.05, 4.69) is 17.2 Å². The van der Waals surface area contributed by atoms with Gasteiger partial charge in [0.15, 0.2) is 0 Å². The molecule has 0 saturated carbocycles. The Balaban J connectivity index is 1.49. The van der Waals surface area contributed by atoms with Crippen LogP contribution in [0.5, 0.6) is 5.75 Å². The van der Waals surface area contributed by atoms with E-state index in [4.69, 9.17) is 4.74 Å². The summed E-state index contributed by atoms with van der Waals surface area (Å²) in [6, 6.07) is 14.8. The molecule has 0 unspecified atom stereocenters. The molecule has 2 fully saturated rings. The summed E-state index contributed by atoms with van der Waals surface area (Å²) in [6.07, 6.45) is 0. The van der Waals surface area contributed by atoms with Crippen LogP contribution in [0.1, 0.15) is 36.5 Å². The summed E-state index contributed by atoms with van der Waals surface area (Å²) in [5, 5.41) is 12.8. The van der Waals surface area contributed by atoms with Gasteiger partial charge in [0.2, 0.25) is 5.91 Å². The summed E-state index contributed by atoms with van der Waals surface area (Å²) in [7, 11) is 1.63. The average Bonchev–Trinajstić information content (AvgIpc) is 2.79. The Kier molecular flexibility index (Phi) is 6.57. The van der Waals surface area contributed by atoms with Crippen LogP contribution in [-0.4, -0.2) is 71.8 Å². The highest BCUT2D eigenvalue weighted by Gasteiger charge is 2.54. The van der Waals surface area contributed by atoms with Crippen molar-refractivity contribution in [3.8, 4) is 17.6 Å². The molecular weight excluding hydrogens is 418 g/mol. The molecule has 7 heteroatoms. The van der Waals surface area contributed by atoms with E-state index >= 15 is 0 Å². The van der Waals surface area contributed by atoms with Crippen LogP contribution in [0.3, 0.4) is 0 Å². The van der Waals surface area contributed by atoms with Crippen molar-refractivity contribution < 1.29 is 19.4 Å². The summed E-state index contributed by atoms with van der Waals surface area (Å²) in [5.74, 6) is 6.95. The van der Waals surface area contributed by atoms with Crippen LogP contribution < -0.4 is 10.1 Å². The molecule has 2 saturated heterocycles. The molecule has 4 rings (SSSR count). The number of hydrogen-bond acceptors (Lipinski definition) is 4. The van der Waals surface area contributed by atoms with Crippen molar-refractivity contribution in [1.29, 1.82) is 0 Å². The number of amides is 3. The molecule has 0 spiro atoms. The molecule has 0 aromatic heterocycles. The topological polar surface area (TPSA) is 82.1 Å². The highest BCUT2D eigenvalue weighted by atomic mass is 16.5. The zero-order valence-electron chi connectivity index (χ0n) is 19.1. The van der Waals surface area contributed by atoms with Gasteiger partial charge in [-0.25, -0.2) is 4.79 Å². The quantitative estimate of drug-likeness (QED) is 0.704. The van der Waals surface area contributed by atoms with Gasteiger partial charge in [-0.2, -0.15) is 0 Å². The Morgan fingerprint density at radius 2 is 1.73 bits per heavy atom. The predicted molar refractivity (Wildman–Crippen MR) is 125 cm³/mol. The van der Waals surface area contributed by atoms with E-state index < -0.39 is 0 Å². The minimum atomic E-state index is -0.269. The number of methoxy groups -OCH3 is 1. The number of nitrogens with one attached hydrogen (secondary N) is 1. The van der Waals surface area contributed by atoms with E-state index in [9.17, 15) is 14.7 Å². The van der Waals surface area contributed by atoms with Crippen LogP contribution in [0, 0.1) is 11.8 Å². The van der Waals surface area contributed by atoms with E-state index in [1.807, 2.05) is 62.4 Å². The smallest absolute Gasteiger partial charge is 0.318 e. The van der Waals surface area contributed by atoms with Gasteiger partial charge in [-0.05, 0) is 55.8 Å². The molecule has 2 N–H and O–H groups in total. The second-order valence-corrected chi connectivity index (χ2v) is 8.73. The lowest BCUT2D eigenvalue weighted by atomic mass is 9.73. The molecule has 0 radical (unpaired) electrons. The summed E-state index contributed by atoms with van der Waals surface area (Å²) in [6.45, 7) is 4.17. The lowest BCUT2D eigenvalue weighted by Gasteiger charge is -2.58. The summed E-state index contributed by atoms with van der Waals surface area (Å²) in [4.78, 5) is 28.5. The summed E-state index contributed by atoms with van der Waals surface area (Å²) < 4.78 is 5.17. The number of carbonyl (C=O) groups is 2. The van der Waals surface area contributed by atoms with Crippen molar-refractivity contribution in [3.05, 3.63) is 65.2 Å². The fourth-order valence-corrected chi connectivity index (χ4v) is 4.60. The Morgan fingerprint density at radius 1 is 1.12 bits per heavy atom. The van der Waals surface area contributed by atoms with Crippen molar-refractivity contribution in [1.82, 2.24) is 15.1 Å². The number of benzene rings is 2. The van der Waals surface area contributed by atoms with Gasteiger partial charge in [-0.15, -0.1) is 0 Å². The number of aliphatic hydroxyl groups is 1. The minimum absolute atomic E-state index is 0.000391. The fourth-order valence-electron chi connectivity index (χ4n) is 4.60. The van der Waals surface area contributed by atoms with Crippen molar-refractivity contribution in [2.24, 2.45) is 0 Å². The maximum Gasteiger partial charge on any atom is 0.318 e. The third kappa shape index (κ3) is 4.67. The van der Waals surface area contributed by atoms with E-state index in [1.165, 1.54) is 0 Å². The van der Waals surface area contributed by atoms with Gasteiger partial charge in [-0.1, -0.05) is 24.0 Å². The number of ether oxygens (including phenoxy) is 1. The molecular formula is C26H29N3O4. The van der Waals surface area contributed by atoms with Crippen LogP contribution in [0.4, 0.5) is 4.79 Å². The summed E-state index contributed by atoms with van der Waals surface area (Å²) >= 11 is 0. The number of nitrogens with zero attached hydrogens (tertiary/aromatic N) is 2. The third-order valence-corrected chi connectivity index (χ3v) is 6.19.